The van der Waals surface area contributed by atoms with Crippen molar-refractivity contribution < 1.29 is 0 Å². The maximum Gasteiger partial charge on any atom is 0.0520 e. The van der Waals surface area contributed by atoms with Crippen LogP contribution in [0.3, 0.4) is 0 Å². The van der Waals surface area contributed by atoms with Gasteiger partial charge in [0.15, 0.2) is 0 Å². The van der Waals surface area contributed by atoms with Crippen molar-refractivity contribution in [3.8, 4) is 0 Å². The molecular weight excluding hydrogens is 136 g/mol. The van der Waals surface area contributed by atoms with E-state index in [-0.39, 0.29) is 0 Å². The average Bonchev–Trinajstić information content (AvgIpc) is 2.50. The Kier molecular flexibility index (Phi) is 1.84. The lowest BCUT2D eigenvalue weighted by Crippen LogP contribution is -2.34. The topological polar surface area (TPSA) is 24.4 Å². The molecule has 1 heterocycles. The molecule has 1 aliphatic carbocycles. The number of hydrogen-bond acceptors (Lipinski definition) is 2. The van der Waals surface area contributed by atoms with Crippen LogP contribution in [0.5, 0.6) is 0 Å². The van der Waals surface area contributed by atoms with Crippen LogP contribution in [0.1, 0.15) is 32.6 Å². The van der Waals surface area contributed by atoms with Crippen molar-refractivity contribution in [2.45, 2.75) is 38.6 Å². The van der Waals surface area contributed by atoms with Gasteiger partial charge in [-0.3, -0.25) is 0 Å². The van der Waals surface area contributed by atoms with E-state index in [9.17, 15) is 0 Å². The molecule has 1 N–H and O–H groups in total. The first-order valence-corrected chi connectivity index (χ1v) is 4.69. The van der Waals surface area contributed by atoms with Gasteiger partial charge in [0.1, 0.15) is 0 Å². The van der Waals surface area contributed by atoms with Gasteiger partial charge >= 0.3 is 0 Å². The molecule has 0 aromatic heterocycles. The average molecular weight is 152 g/mol. The molecule has 0 amide bonds. The third-order valence-corrected chi connectivity index (χ3v) is 3.10. The van der Waals surface area contributed by atoms with Gasteiger partial charge in [0, 0.05) is 12.1 Å². The molecule has 11 heavy (non-hydrogen) atoms. The van der Waals surface area contributed by atoms with Crippen LogP contribution in [0.2, 0.25) is 0 Å². The van der Waals surface area contributed by atoms with E-state index in [4.69, 9.17) is 0 Å². The third kappa shape index (κ3) is 1.26. The Bertz CT molecular complexity index is 165. The van der Waals surface area contributed by atoms with Crippen LogP contribution in [0.25, 0.3) is 0 Å². The highest BCUT2D eigenvalue weighted by Crippen LogP contribution is 2.31. The van der Waals surface area contributed by atoms with Crippen LogP contribution in [0, 0.1) is 11.8 Å². The Morgan fingerprint density at radius 1 is 1.55 bits per heavy atom. The van der Waals surface area contributed by atoms with Gasteiger partial charge in [0.25, 0.3) is 0 Å². The second kappa shape index (κ2) is 2.84. The summed E-state index contributed by atoms with van der Waals surface area (Å²) >= 11 is 0. The van der Waals surface area contributed by atoms with Gasteiger partial charge in [0.2, 0.25) is 0 Å². The van der Waals surface area contributed by atoms with E-state index in [2.05, 4.69) is 23.7 Å². The molecule has 2 aliphatic rings. The SMILES string of the molecule is CCC1CCC2C=NN[C@H]2C1. The van der Waals surface area contributed by atoms with E-state index >= 15 is 0 Å². The van der Waals surface area contributed by atoms with E-state index in [1.165, 1.54) is 25.7 Å². The molecule has 1 saturated carbocycles. The number of nitrogens with zero attached hydrogens (tertiary/aromatic N) is 1. The zero-order valence-corrected chi connectivity index (χ0v) is 7.09. The molecule has 0 aromatic carbocycles. The third-order valence-electron chi connectivity index (χ3n) is 3.10. The molecule has 2 heteroatoms. The van der Waals surface area contributed by atoms with Gasteiger partial charge in [-0.2, -0.15) is 5.10 Å². The van der Waals surface area contributed by atoms with Crippen LogP contribution >= 0.6 is 0 Å². The summed E-state index contributed by atoms with van der Waals surface area (Å²) in [5.41, 5.74) is 3.19. The lowest BCUT2D eigenvalue weighted by molar-refractivity contribution is 0.264. The molecule has 0 bridgehead atoms. The number of hydrazone groups is 1. The Labute approximate surface area is 68.1 Å². The maximum atomic E-state index is 4.12. The standard InChI is InChI=1S/C9H16N2/c1-2-7-3-4-8-6-10-11-9(8)5-7/h6-9,11H,2-5H2,1H3/t7?,8?,9-/m0/s1. The van der Waals surface area contributed by atoms with Gasteiger partial charge in [0.05, 0.1) is 6.04 Å². The summed E-state index contributed by atoms with van der Waals surface area (Å²) in [4.78, 5) is 0. The van der Waals surface area contributed by atoms with Crippen molar-refractivity contribution >= 4 is 6.21 Å². The van der Waals surface area contributed by atoms with E-state index in [0.717, 1.165) is 11.8 Å². The summed E-state index contributed by atoms with van der Waals surface area (Å²) in [6.45, 7) is 2.29. The first-order valence-electron chi connectivity index (χ1n) is 4.69. The summed E-state index contributed by atoms with van der Waals surface area (Å²) < 4.78 is 0. The van der Waals surface area contributed by atoms with E-state index < -0.39 is 0 Å². The highest BCUT2D eigenvalue weighted by molar-refractivity contribution is 5.63. The van der Waals surface area contributed by atoms with Crippen LogP contribution < -0.4 is 5.43 Å². The highest BCUT2D eigenvalue weighted by atomic mass is 15.3. The summed E-state index contributed by atoms with van der Waals surface area (Å²) in [5.74, 6) is 1.70. The Hall–Kier alpha value is -0.530. The van der Waals surface area contributed by atoms with Crippen LogP contribution in [-0.2, 0) is 0 Å². The summed E-state index contributed by atoms with van der Waals surface area (Å²) in [6.07, 6.45) is 7.52. The molecule has 0 saturated heterocycles. The van der Waals surface area contributed by atoms with Gasteiger partial charge in [-0.1, -0.05) is 13.3 Å². The van der Waals surface area contributed by atoms with E-state index in [0.29, 0.717) is 6.04 Å². The normalized spacial score (nSPS) is 41.7. The van der Waals surface area contributed by atoms with Crippen LogP contribution in [0.15, 0.2) is 5.10 Å². The molecular formula is C9H16N2. The van der Waals surface area contributed by atoms with Gasteiger partial charge in [-0.15, -0.1) is 0 Å². The highest BCUT2D eigenvalue weighted by Gasteiger charge is 2.30. The quantitative estimate of drug-likeness (QED) is 0.608. The predicted molar refractivity (Wildman–Crippen MR) is 46.5 cm³/mol. The molecule has 0 radical (unpaired) electrons. The van der Waals surface area contributed by atoms with Crippen molar-refractivity contribution in [2.75, 3.05) is 0 Å². The van der Waals surface area contributed by atoms with Gasteiger partial charge in [-0.25, -0.2) is 0 Å². The second-order valence-corrected chi connectivity index (χ2v) is 3.76. The molecule has 1 fully saturated rings. The summed E-state index contributed by atoms with van der Waals surface area (Å²) in [6, 6.07) is 0.675. The zero-order chi connectivity index (χ0) is 7.68. The Balaban J connectivity index is 1.94. The minimum absolute atomic E-state index is 0.675. The van der Waals surface area contributed by atoms with Crippen LogP contribution in [-0.4, -0.2) is 12.3 Å². The lowest BCUT2D eigenvalue weighted by Gasteiger charge is -2.29. The first kappa shape index (κ1) is 7.14. The Morgan fingerprint density at radius 3 is 3.27 bits per heavy atom. The predicted octanol–water partition coefficient (Wildman–Crippen LogP) is 1.77. The Morgan fingerprint density at radius 2 is 2.45 bits per heavy atom. The summed E-state index contributed by atoms with van der Waals surface area (Å²) in [7, 11) is 0. The minimum atomic E-state index is 0.675. The van der Waals surface area contributed by atoms with Gasteiger partial charge < -0.3 is 5.43 Å². The van der Waals surface area contributed by atoms with E-state index in [1.54, 1.807) is 0 Å². The monoisotopic (exact) mass is 152 g/mol. The molecule has 2 rings (SSSR count). The molecule has 1 aliphatic heterocycles. The number of nitrogens with one attached hydrogen (secondary N) is 1. The van der Waals surface area contributed by atoms with Crippen molar-refractivity contribution in [3.63, 3.8) is 0 Å². The van der Waals surface area contributed by atoms with Gasteiger partial charge in [-0.05, 0) is 25.2 Å². The molecule has 0 spiro atoms. The number of hydrogen-bond donors (Lipinski definition) is 1. The van der Waals surface area contributed by atoms with Crippen LogP contribution in [0.4, 0.5) is 0 Å². The number of rotatable bonds is 1. The molecule has 0 aromatic rings. The maximum absolute atomic E-state index is 4.12. The van der Waals surface area contributed by atoms with E-state index in [1.807, 2.05) is 0 Å². The lowest BCUT2D eigenvalue weighted by atomic mass is 9.78. The molecule has 3 atom stereocenters. The number of fused-ring (bicyclic) bond motifs is 1. The van der Waals surface area contributed by atoms with Crippen molar-refractivity contribution in [1.82, 2.24) is 5.43 Å². The molecule has 62 valence electrons. The minimum Gasteiger partial charge on any atom is -0.307 e. The fraction of sp³-hybridized carbons (Fsp3) is 0.889. The van der Waals surface area contributed by atoms with Crippen molar-refractivity contribution in [2.24, 2.45) is 16.9 Å². The van der Waals surface area contributed by atoms with Crippen molar-refractivity contribution in [1.29, 1.82) is 0 Å². The smallest absolute Gasteiger partial charge is 0.0520 e. The molecule has 2 unspecified atom stereocenters. The fourth-order valence-corrected chi connectivity index (χ4v) is 2.21. The largest absolute Gasteiger partial charge is 0.307 e. The summed E-state index contributed by atoms with van der Waals surface area (Å²) in [5, 5.41) is 4.12. The molecule has 2 nitrogen and oxygen atoms in total. The second-order valence-electron chi connectivity index (χ2n) is 3.76. The fourth-order valence-electron chi connectivity index (χ4n) is 2.21. The zero-order valence-electron chi connectivity index (χ0n) is 7.09. The van der Waals surface area contributed by atoms with Crippen molar-refractivity contribution in [3.05, 3.63) is 0 Å². The first-order chi connectivity index (χ1) is 5.40.